The Morgan fingerprint density at radius 3 is 2.69 bits per heavy atom. The number of benzene rings is 1. The van der Waals surface area contributed by atoms with Crippen molar-refractivity contribution in [2.45, 2.75) is 38.8 Å². The van der Waals surface area contributed by atoms with E-state index in [1.165, 1.54) is 35.2 Å². The molecule has 4 rings (SSSR count). The van der Waals surface area contributed by atoms with Crippen LogP contribution in [0.4, 0.5) is 0 Å². The summed E-state index contributed by atoms with van der Waals surface area (Å²) in [6, 6.07) is 19.8. The Morgan fingerprint density at radius 2 is 1.88 bits per heavy atom. The van der Waals surface area contributed by atoms with E-state index in [1.54, 1.807) is 0 Å². The van der Waals surface area contributed by atoms with Gasteiger partial charge in [-0.15, -0.1) is 0 Å². The smallest absolute Gasteiger partial charge is 0.0578 e. The summed E-state index contributed by atoms with van der Waals surface area (Å²) in [7, 11) is 0. The van der Waals surface area contributed by atoms with Gasteiger partial charge in [0.15, 0.2) is 0 Å². The van der Waals surface area contributed by atoms with Crippen LogP contribution >= 0.6 is 0 Å². The van der Waals surface area contributed by atoms with E-state index in [4.69, 9.17) is 4.98 Å². The molecule has 0 N–H and O–H groups in total. The average molecular weight is 343 g/mol. The standard InChI is InChI=1S/C23H25N3/c1-18-9-11-19(12-10-18)15-21-6-2-7-22(25-21)23-8-4-14-26(23)17-20-5-3-13-24-16-20/h2-3,5-7,9-13,16,23H,4,8,14-15,17H2,1H3. The lowest BCUT2D eigenvalue weighted by Gasteiger charge is -2.24. The first-order valence-corrected chi connectivity index (χ1v) is 9.42. The van der Waals surface area contributed by atoms with Gasteiger partial charge in [-0.1, -0.05) is 42.0 Å². The fourth-order valence-corrected chi connectivity index (χ4v) is 3.77. The first-order chi connectivity index (χ1) is 12.8. The Hall–Kier alpha value is -2.52. The van der Waals surface area contributed by atoms with Crippen molar-refractivity contribution in [2.24, 2.45) is 0 Å². The summed E-state index contributed by atoms with van der Waals surface area (Å²) >= 11 is 0. The van der Waals surface area contributed by atoms with Gasteiger partial charge in [0.05, 0.1) is 11.7 Å². The van der Waals surface area contributed by atoms with Crippen molar-refractivity contribution >= 4 is 0 Å². The molecule has 2 aromatic heterocycles. The maximum absolute atomic E-state index is 5.01. The van der Waals surface area contributed by atoms with Crippen molar-refractivity contribution in [3.05, 3.63) is 95.1 Å². The van der Waals surface area contributed by atoms with Crippen molar-refractivity contribution in [3.8, 4) is 0 Å². The highest BCUT2D eigenvalue weighted by Gasteiger charge is 2.27. The summed E-state index contributed by atoms with van der Waals surface area (Å²) in [5, 5.41) is 0. The van der Waals surface area contributed by atoms with Crippen LogP contribution in [0.5, 0.6) is 0 Å². The molecule has 1 aliphatic rings. The molecule has 0 bridgehead atoms. The van der Waals surface area contributed by atoms with E-state index in [0.29, 0.717) is 6.04 Å². The molecule has 1 fully saturated rings. The second-order valence-electron chi connectivity index (χ2n) is 7.21. The highest BCUT2D eigenvalue weighted by atomic mass is 15.2. The molecule has 3 heteroatoms. The molecule has 1 unspecified atom stereocenters. The SMILES string of the molecule is Cc1ccc(Cc2cccc(C3CCCN3Cc3cccnc3)n2)cc1. The number of rotatable bonds is 5. The summed E-state index contributed by atoms with van der Waals surface area (Å²) in [6.07, 6.45) is 7.11. The molecule has 0 spiro atoms. The van der Waals surface area contributed by atoms with Crippen molar-refractivity contribution in [3.63, 3.8) is 0 Å². The number of aromatic nitrogens is 2. The second kappa shape index (κ2) is 7.79. The van der Waals surface area contributed by atoms with Crippen molar-refractivity contribution in [1.29, 1.82) is 0 Å². The average Bonchev–Trinajstić information content (AvgIpc) is 3.13. The quantitative estimate of drug-likeness (QED) is 0.671. The summed E-state index contributed by atoms with van der Waals surface area (Å²) < 4.78 is 0. The predicted octanol–water partition coefficient (Wildman–Crippen LogP) is 4.71. The van der Waals surface area contributed by atoms with E-state index in [1.807, 2.05) is 18.5 Å². The molecular formula is C23H25N3. The molecular weight excluding hydrogens is 318 g/mol. The zero-order chi connectivity index (χ0) is 17.8. The summed E-state index contributed by atoms with van der Waals surface area (Å²) in [6.45, 7) is 4.20. The third kappa shape index (κ3) is 4.00. The van der Waals surface area contributed by atoms with Gasteiger partial charge >= 0.3 is 0 Å². The lowest BCUT2D eigenvalue weighted by molar-refractivity contribution is 0.244. The molecule has 1 saturated heterocycles. The zero-order valence-electron chi connectivity index (χ0n) is 15.3. The van der Waals surface area contributed by atoms with Crippen LogP contribution in [0.3, 0.4) is 0 Å². The Morgan fingerprint density at radius 1 is 1.00 bits per heavy atom. The van der Waals surface area contributed by atoms with E-state index in [0.717, 1.165) is 25.2 Å². The van der Waals surface area contributed by atoms with E-state index < -0.39 is 0 Å². The van der Waals surface area contributed by atoms with Gasteiger partial charge in [-0.25, -0.2) is 0 Å². The van der Waals surface area contributed by atoms with Gasteiger partial charge in [-0.3, -0.25) is 14.9 Å². The van der Waals surface area contributed by atoms with Crippen molar-refractivity contribution in [2.75, 3.05) is 6.54 Å². The first kappa shape index (κ1) is 16.9. The monoisotopic (exact) mass is 343 g/mol. The Kier molecular flexibility index (Phi) is 5.07. The van der Waals surface area contributed by atoms with Gasteiger partial charge in [0.25, 0.3) is 0 Å². The molecule has 0 radical (unpaired) electrons. The van der Waals surface area contributed by atoms with E-state index >= 15 is 0 Å². The molecule has 26 heavy (non-hydrogen) atoms. The molecule has 3 heterocycles. The molecule has 1 atom stereocenters. The van der Waals surface area contributed by atoms with Crippen LogP contribution in [-0.2, 0) is 13.0 Å². The van der Waals surface area contributed by atoms with Gasteiger partial charge in [-0.2, -0.15) is 0 Å². The minimum Gasteiger partial charge on any atom is -0.290 e. The minimum absolute atomic E-state index is 0.410. The number of nitrogens with zero attached hydrogens (tertiary/aromatic N) is 3. The van der Waals surface area contributed by atoms with Crippen LogP contribution in [0.25, 0.3) is 0 Å². The van der Waals surface area contributed by atoms with Gasteiger partial charge in [-0.05, 0) is 55.6 Å². The molecule has 3 nitrogen and oxygen atoms in total. The second-order valence-corrected chi connectivity index (χ2v) is 7.21. The summed E-state index contributed by atoms with van der Waals surface area (Å²) in [5.41, 5.74) is 6.25. The number of pyridine rings is 2. The van der Waals surface area contributed by atoms with Crippen molar-refractivity contribution in [1.82, 2.24) is 14.9 Å². The van der Waals surface area contributed by atoms with Crippen LogP contribution in [0, 0.1) is 6.92 Å². The van der Waals surface area contributed by atoms with Gasteiger partial charge in [0.2, 0.25) is 0 Å². The third-order valence-corrected chi connectivity index (χ3v) is 5.15. The number of aryl methyl sites for hydroxylation is 1. The van der Waals surface area contributed by atoms with Crippen molar-refractivity contribution < 1.29 is 0 Å². The lowest BCUT2D eigenvalue weighted by atomic mass is 10.1. The summed E-state index contributed by atoms with van der Waals surface area (Å²) in [5.74, 6) is 0. The van der Waals surface area contributed by atoms with Gasteiger partial charge in [0, 0.05) is 31.1 Å². The van der Waals surface area contributed by atoms with E-state index in [9.17, 15) is 0 Å². The first-order valence-electron chi connectivity index (χ1n) is 9.42. The number of likely N-dealkylation sites (tertiary alicyclic amines) is 1. The van der Waals surface area contributed by atoms with Crippen LogP contribution in [0.1, 0.15) is 47.0 Å². The minimum atomic E-state index is 0.410. The lowest BCUT2D eigenvalue weighted by Crippen LogP contribution is -2.23. The fourth-order valence-electron chi connectivity index (χ4n) is 3.77. The van der Waals surface area contributed by atoms with E-state index in [-0.39, 0.29) is 0 Å². The zero-order valence-corrected chi connectivity index (χ0v) is 15.3. The Balaban J connectivity index is 1.50. The predicted molar refractivity (Wildman–Crippen MR) is 105 cm³/mol. The number of hydrogen-bond acceptors (Lipinski definition) is 3. The van der Waals surface area contributed by atoms with Gasteiger partial charge in [0.1, 0.15) is 0 Å². The van der Waals surface area contributed by atoms with Crippen LogP contribution in [0.15, 0.2) is 67.0 Å². The normalized spacial score (nSPS) is 17.5. The van der Waals surface area contributed by atoms with Crippen LogP contribution in [-0.4, -0.2) is 21.4 Å². The Bertz CT molecular complexity index is 843. The van der Waals surface area contributed by atoms with Gasteiger partial charge < -0.3 is 0 Å². The topological polar surface area (TPSA) is 29.0 Å². The Labute approximate surface area is 155 Å². The maximum atomic E-state index is 5.01. The van der Waals surface area contributed by atoms with Crippen LogP contribution in [0.2, 0.25) is 0 Å². The van der Waals surface area contributed by atoms with Crippen LogP contribution < -0.4 is 0 Å². The summed E-state index contributed by atoms with van der Waals surface area (Å²) in [4.78, 5) is 11.8. The molecule has 1 aliphatic heterocycles. The molecule has 3 aromatic rings. The highest BCUT2D eigenvalue weighted by Crippen LogP contribution is 2.32. The molecule has 0 aliphatic carbocycles. The molecule has 0 saturated carbocycles. The highest BCUT2D eigenvalue weighted by molar-refractivity contribution is 5.26. The molecule has 0 amide bonds. The van der Waals surface area contributed by atoms with E-state index in [2.05, 4.69) is 65.3 Å². The molecule has 132 valence electrons. The third-order valence-electron chi connectivity index (χ3n) is 5.15. The fraction of sp³-hybridized carbons (Fsp3) is 0.304. The largest absolute Gasteiger partial charge is 0.290 e. The number of hydrogen-bond donors (Lipinski definition) is 0. The molecule has 1 aromatic carbocycles. The maximum Gasteiger partial charge on any atom is 0.0578 e.